The van der Waals surface area contributed by atoms with E-state index in [4.69, 9.17) is 10.5 Å². The Kier molecular flexibility index (Phi) is 3.99. The molecule has 7 heteroatoms. The second-order valence-corrected chi connectivity index (χ2v) is 4.96. The summed E-state index contributed by atoms with van der Waals surface area (Å²) in [6.07, 6.45) is 0. The molecule has 1 amide bonds. The molecule has 0 atom stereocenters. The average Bonchev–Trinajstić information content (AvgIpc) is 2.86. The molecule has 1 aromatic carbocycles. The van der Waals surface area contributed by atoms with Crippen LogP contribution in [-0.2, 0) is 4.74 Å². The van der Waals surface area contributed by atoms with Gasteiger partial charge in [-0.15, -0.1) is 11.3 Å². The molecular formula is C13H13N3O3S. The van der Waals surface area contributed by atoms with Crippen LogP contribution in [0.3, 0.4) is 0 Å². The summed E-state index contributed by atoms with van der Waals surface area (Å²) in [6, 6.07) is 5.09. The van der Waals surface area contributed by atoms with Crippen LogP contribution in [0, 0.1) is 6.92 Å². The molecule has 0 fully saturated rings. The molecule has 2 aromatic rings. The Morgan fingerprint density at radius 1 is 1.40 bits per heavy atom. The minimum absolute atomic E-state index is 0.212. The van der Waals surface area contributed by atoms with E-state index in [0.717, 1.165) is 5.56 Å². The van der Waals surface area contributed by atoms with Crippen molar-refractivity contribution in [3.8, 4) is 0 Å². The highest BCUT2D eigenvalue weighted by Crippen LogP contribution is 2.20. The SMILES string of the molecule is COC(=O)c1cc(C)ccc1NC(=O)c1csc(N)n1. The number of nitrogen functional groups attached to an aromatic ring is 1. The van der Waals surface area contributed by atoms with Crippen molar-refractivity contribution in [2.75, 3.05) is 18.2 Å². The number of benzene rings is 1. The van der Waals surface area contributed by atoms with Crippen molar-refractivity contribution in [2.24, 2.45) is 0 Å². The number of nitrogens with one attached hydrogen (secondary N) is 1. The van der Waals surface area contributed by atoms with Gasteiger partial charge in [0.25, 0.3) is 5.91 Å². The van der Waals surface area contributed by atoms with Crippen molar-refractivity contribution in [3.05, 3.63) is 40.4 Å². The van der Waals surface area contributed by atoms with Gasteiger partial charge in [-0.2, -0.15) is 0 Å². The first-order valence-electron chi connectivity index (χ1n) is 5.72. The molecule has 0 spiro atoms. The van der Waals surface area contributed by atoms with Gasteiger partial charge in [0.2, 0.25) is 0 Å². The van der Waals surface area contributed by atoms with Crippen molar-refractivity contribution in [3.63, 3.8) is 0 Å². The average molecular weight is 291 g/mol. The fourth-order valence-electron chi connectivity index (χ4n) is 1.62. The molecule has 0 saturated heterocycles. The number of rotatable bonds is 3. The molecule has 6 nitrogen and oxygen atoms in total. The number of carbonyl (C=O) groups excluding carboxylic acids is 2. The Hall–Kier alpha value is -2.41. The Labute approximate surface area is 119 Å². The zero-order valence-electron chi connectivity index (χ0n) is 11.0. The summed E-state index contributed by atoms with van der Waals surface area (Å²) in [5.41, 5.74) is 7.25. The van der Waals surface area contributed by atoms with E-state index in [0.29, 0.717) is 16.4 Å². The molecule has 0 aliphatic heterocycles. The third kappa shape index (κ3) is 2.94. The molecule has 0 aliphatic rings. The summed E-state index contributed by atoms with van der Waals surface area (Å²) >= 11 is 1.17. The van der Waals surface area contributed by atoms with Crippen LogP contribution >= 0.6 is 11.3 Å². The maximum atomic E-state index is 12.0. The highest BCUT2D eigenvalue weighted by Gasteiger charge is 2.16. The first-order valence-corrected chi connectivity index (χ1v) is 6.60. The van der Waals surface area contributed by atoms with Gasteiger partial charge in [0.05, 0.1) is 18.4 Å². The number of ether oxygens (including phenoxy) is 1. The maximum absolute atomic E-state index is 12.0. The third-order valence-electron chi connectivity index (χ3n) is 2.58. The number of thiazole rings is 1. The van der Waals surface area contributed by atoms with E-state index in [-0.39, 0.29) is 5.69 Å². The zero-order chi connectivity index (χ0) is 14.7. The Morgan fingerprint density at radius 2 is 2.15 bits per heavy atom. The molecule has 0 unspecified atom stereocenters. The van der Waals surface area contributed by atoms with Gasteiger partial charge in [0, 0.05) is 5.38 Å². The van der Waals surface area contributed by atoms with Gasteiger partial charge in [-0.25, -0.2) is 9.78 Å². The van der Waals surface area contributed by atoms with Crippen LogP contribution in [0.5, 0.6) is 0 Å². The zero-order valence-corrected chi connectivity index (χ0v) is 11.8. The molecule has 1 heterocycles. The standard InChI is InChI=1S/C13H13N3O3S/c1-7-3-4-9(8(5-7)12(18)19-2)15-11(17)10-6-20-13(14)16-10/h3-6H,1-2H3,(H2,14,16)(H,15,17). The number of amides is 1. The molecule has 0 aliphatic carbocycles. The van der Waals surface area contributed by atoms with E-state index in [1.165, 1.54) is 18.4 Å². The van der Waals surface area contributed by atoms with Crippen molar-refractivity contribution in [1.29, 1.82) is 0 Å². The van der Waals surface area contributed by atoms with Gasteiger partial charge in [0.1, 0.15) is 5.69 Å². The Morgan fingerprint density at radius 3 is 2.75 bits per heavy atom. The first-order chi connectivity index (χ1) is 9.51. The number of aryl methyl sites for hydroxylation is 1. The third-order valence-corrected chi connectivity index (χ3v) is 3.26. The summed E-state index contributed by atoms with van der Waals surface area (Å²) in [5, 5.41) is 4.50. The molecule has 2 rings (SSSR count). The lowest BCUT2D eigenvalue weighted by molar-refractivity contribution is 0.0602. The summed E-state index contributed by atoms with van der Waals surface area (Å²) < 4.78 is 4.70. The minimum Gasteiger partial charge on any atom is -0.465 e. The van der Waals surface area contributed by atoms with Crippen molar-refractivity contribution in [1.82, 2.24) is 4.98 Å². The summed E-state index contributed by atoms with van der Waals surface area (Å²) in [5.74, 6) is -0.936. The highest BCUT2D eigenvalue weighted by atomic mass is 32.1. The van der Waals surface area contributed by atoms with Crippen molar-refractivity contribution >= 4 is 34.0 Å². The number of nitrogens with two attached hydrogens (primary N) is 1. The number of nitrogens with zero attached hydrogens (tertiary/aromatic N) is 1. The van der Waals surface area contributed by atoms with Crippen molar-refractivity contribution < 1.29 is 14.3 Å². The largest absolute Gasteiger partial charge is 0.465 e. The quantitative estimate of drug-likeness (QED) is 0.844. The monoisotopic (exact) mass is 291 g/mol. The highest BCUT2D eigenvalue weighted by molar-refractivity contribution is 7.13. The number of hydrogen-bond donors (Lipinski definition) is 2. The molecule has 0 saturated carbocycles. The molecule has 3 N–H and O–H groups in total. The van der Waals surface area contributed by atoms with Gasteiger partial charge in [-0.1, -0.05) is 11.6 Å². The Bertz CT molecular complexity index is 667. The van der Waals surface area contributed by atoms with E-state index < -0.39 is 11.9 Å². The van der Waals surface area contributed by atoms with E-state index in [1.807, 2.05) is 6.92 Å². The van der Waals surface area contributed by atoms with Crippen molar-refractivity contribution in [2.45, 2.75) is 6.92 Å². The second kappa shape index (κ2) is 5.70. The fraction of sp³-hybridized carbons (Fsp3) is 0.154. The van der Waals surface area contributed by atoms with Crippen LogP contribution in [0.2, 0.25) is 0 Å². The van der Waals surface area contributed by atoms with E-state index >= 15 is 0 Å². The van der Waals surface area contributed by atoms with Crippen LogP contribution in [0.25, 0.3) is 0 Å². The minimum atomic E-state index is -0.512. The summed E-state index contributed by atoms with van der Waals surface area (Å²) in [7, 11) is 1.29. The lowest BCUT2D eigenvalue weighted by Crippen LogP contribution is -2.16. The predicted molar refractivity (Wildman–Crippen MR) is 77.0 cm³/mol. The lowest BCUT2D eigenvalue weighted by atomic mass is 10.1. The molecule has 104 valence electrons. The number of aromatic nitrogens is 1. The number of anilines is 2. The smallest absolute Gasteiger partial charge is 0.339 e. The van der Waals surface area contributed by atoms with Gasteiger partial charge in [-0.05, 0) is 19.1 Å². The normalized spacial score (nSPS) is 10.1. The fourth-order valence-corrected chi connectivity index (χ4v) is 2.17. The van der Waals surface area contributed by atoms with Gasteiger partial charge < -0.3 is 15.8 Å². The van der Waals surface area contributed by atoms with Crippen LogP contribution in [0.15, 0.2) is 23.6 Å². The van der Waals surface area contributed by atoms with Gasteiger partial charge in [0.15, 0.2) is 5.13 Å². The predicted octanol–water partition coefficient (Wildman–Crippen LogP) is 2.07. The number of esters is 1. The number of hydrogen-bond acceptors (Lipinski definition) is 6. The van der Waals surface area contributed by atoms with Gasteiger partial charge in [-0.3, -0.25) is 4.79 Å². The molecule has 20 heavy (non-hydrogen) atoms. The molecule has 0 radical (unpaired) electrons. The topological polar surface area (TPSA) is 94.3 Å². The van der Waals surface area contributed by atoms with E-state index in [1.54, 1.807) is 23.6 Å². The lowest BCUT2D eigenvalue weighted by Gasteiger charge is -2.09. The second-order valence-electron chi connectivity index (χ2n) is 4.07. The first kappa shape index (κ1) is 14.0. The number of carbonyl (C=O) groups is 2. The van der Waals surface area contributed by atoms with Crippen LogP contribution < -0.4 is 11.1 Å². The summed E-state index contributed by atoms with van der Waals surface area (Å²) in [4.78, 5) is 27.6. The van der Waals surface area contributed by atoms with E-state index in [9.17, 15) is 9.59 Å². The van der Waals surface area contributed by atoms with Crippen LogP contribution in [0.4, 0.5) is 10.8 Å². The molecular weight excluding hydrogens is 278 g/mol. The number of methoxy groups -OCH3 is 1. The Balaban J connectivity index is 2.29. The van der Waals surface area contributed by atoms with Crippen LogP contribution in [0.1, 0.15) is 26.4 Å². The maximum Gasteiger partial charge on any atom is 0.339 e. The van der Waals surface area contributed by atoms with Gasteiger partial charge >= 0.3 is 5.97 Å². The molecule has 0 bridgehead atoms. The van der Waals surface area contributed by atoms with Crippen LogP contribution in [-0.4, -0.2) is 24.0 Å². The van der Waals surface area contributed by atoms with E-state index in [2.05, 4.69) is 10.3 Å². The molecule has 1 aromatic heterocycles. The summed E-state index contributed by atoms with van der Waals surface area (Å²) in [6.45, 7) is 1.85.